The molecule has 3 rings (SSSR count). The first-order valence-electron chi connectivity index (χ1n) is 11.2. The van der Waals surface area contributed by atoms with Crippen LogP contribution in [0.2, 0.25) is 0 Å². The second kappa shape index (κ2) is 11.3. The lowest BCUT2D eigenvalue weighted by molar-refractivity contribution is 0.0679. The van der Waals surface area contributed by atoms with Gasteiger partial charge in [0.2, 0.25) is 0 Å². The summed E-state index contributed by atoms with van der Waals surface area (Å²) in [7, 11) is 0. The summed E-state index contributed by atoms with van der Waals surface area (Å²) in [5.74, 6) is -0.274. The van der Waals surface area contributed by atoms with Crippen LogP contribution in [0.15, 0.2) is 66.7 Å². The van der Waals surface area contributed by atoms with Crippen LogP contribution in [0.1, 0.15) is 70.5 Å². The van der Waals surface area contributed by atoms with Gasteiger partial charge in [-0.1, -0.05) is 69.2 Å². The Morgan fingerprint density at radius 2 is 1.25 bits per heavy atom. The smallest absolute Gasteiger partial charge is 0.343 e. The average Bonchev–Trinajstić information content (AvgIpc) is 2.82. The fourth-order valence-corrected chi connectivity index (χ4v) is 3.68. The maximum atomic E-state index is 13.0. The van der Waals surface area contributed by atoms with Crippen molar-refractivity contribution in [3.8, 4) is 11.5 Å². The highest BCUT2D eigenvalue weighted by molar-refractivity contribution is 5.93. The highest BCUT2D eigenvalue weighted by Crippen LogP contribution is 2.39. The number of aryl methyl sites for hydroxylation is 2. The molecule has 3 aromatic carbocycles. The minimum atomic E-state index is -0.477. The number of carbonyl (C=O) groups excluding carboxylic acids is 2. The summed E-state index contributed by atoms with van der Waals surface area (Å²) in [6, 6.07) is 19.8. The third-order valence-corrected chi connectivity index (χ3v) is 5.32. The third-order valence-electron chi connectivity index (χ3n) is 5.32. The zero-order chi connectivity index (χ0) is 22.9. The predicted octanol–water partition coefficient (Wildman–Crippen LogP) is 6.73. The van der Waals surface area contributed by atoms with Crippen molar-refractivity contribution in [2.24, 2.45) is 0 Å². The van der Waals surface area contributed by atoms with Gasteiger partial charge in [0.15, 0.2) is 11.5 Å². The molecule has 166 valence electrons. The van der Waals surface area contributed by atoms with E-state index in [1.807, 2.05) is 19.1 Å². The van der Waals surface area contributed by atoms with Crippen LogP contribution >= 0.6 is 0 Å². The van der Waals surface area contributed by atoms with Gasteiger partial charge >= 0.3 is 11.9 Å². The summed E-state index contributed by atoms with van der Waals surface area (Å²) < 4.78 is 11.8. The van der Waals surface area contributed by atoms with Crippen LogP contribution in [0, 0.1) is 6.92 Å². The second-order valence-electron chi connectivity index (χ2n) is 7.85. The van der Waals surface area contributed by atoms with Crippen LogP contribution in [-0.4, -0.2) is 11.9 Å². The van der Waals surface area contributed by atoms with Gasteiger partial charge < -0.3 is 9.47 Å². The van der Waals surface area contributed by atoms with Crippen LogP contribution < -0.4 is 9.47 Å². The van der Waals surface area contributed by atoms with Crippen LogP contribution in [0.4, 0.5) is 0 Å². The van der Waals surface area contributed by atoms with E-state index in [9.17, 15) is 9.59 Å². The third kappa shape index (κ3) is 5.64. The van der Waals surface area contributed by atoms with Crippen molar-refractivity contribution in [3.05, 3.63) is 94.5 Å². The van der Waals surface area contributed by atoms with Gasteiger partial charge in [0.05, 0.1) is 11.1 Å². The number of unbranched alkanes of at least 4 members (excludes halogenated alkanes) is 1. The van der Waals surface area contributed by atoms with Crippen molar-refractivity contribution < 1.29 is 19.1 Å². The first-order chi connectivity index (χ1) is 15.5. The minimum Gasteiger partial charge on any atom is -0.419 e. The van der Waals surface area contributed by atoms with Crippen LogP contribution in [0.3, 0.4) is 0 Å². The maximum absolute atomic E-state index is 13.0. The van der Waals surface area contributed by atoms with E-state index in [4.69, 9.17) is 9.47 Å². The molecule has 0 aliphatic heterocycles. The number of ether oxygens (including phenoxy) is 2. The van der Waals surface area contributed by atoms with E-state index < -0.39 is 11.9 Å². The molecule has 0 bridgehead atoms. The number of rotatable bonds is 9. The summed E-state index contributed by atoms with van der Waals surface area (Å²) >= 11 is 0. The average molecular weight is 431 g/mol. The molecule has 0 heterocycles. The van der Waals surface area contributed by atoms with E-state index in [0.29, 0.717) is 22.6 Å². The zero-order valence-electron chi connectivity index (χ0n) is 19.0. The molecular formula is C28H30O4. The molecule has 0 atom stereocenters. The molecule has 4 nitrogen and oxygen atoms in total. The molecule has 0 spiro atoms. The van der Waals surface area contributed by atoms with E-state index in [2.05, 4.69) is 19.9 Å². The molecule has 0 N–H and O–H groups in total. The van der Waals surface area contributed by atoms with Crippen molar-refractivity contribution in [1.29, 1.82) is 0 Å². The lowest BCUT2D eigenvalue weighted by Gasteiger charge is -2.20. The molecule has 0 radical (unpaired) electrons. The fraction of sp³-hybridized carbons (Fsp3) is 0.286. The van der Waals surface area contributed by atoms with E-state index in [1.165, 1.54) is 0 Å². The zero-order valence-corrected chi connectivity index (χ0v) is 19.0. The quantitative estimate of drug-likeness (QED) is 0.279. The Morgan fingerprint density at radius 1 is 0.719 bits per heavy atom. The molecular weight excluding hydrogens is 400 g/mol. The van der Waals surface area contributed by atoms with Crippen LogP contribution in [0.5, 0.6) is 11.5 Å². The molecule has 0 fully saturated rings. The van der Waals surface area contributed by atoms with Crippen LogP contribution in [0.25, 0.3) is 0 Å². The Bertz CT molecular complexity index is 1060. The summed E-state index contributed by atoms with van der Waals surface area (Å²) in [6.45, 7) is 6.12. The van der Waals surface area contributed by atoms with Crippen molar-refractivity contribution in [3.63, 3.8) is 0 Å². The monoisotopic (exact) mass is 430 g/mol. The van der Waals surface area contributed by atoms with Gasteiger partial charge in [-0.3, -0.25) is 0 Å². The van der Waals surface area contributed by atoms with Gasteiger partial charge in [0, 0.05) is 5.56 Å². The molecule has 0 aliphatic carbocycles. The molecule has 0 aromatic heterocycles. The van der Waals surface area contributed by atoms with E-state index in [0.717, 1.165) is 48.8 Å². The van der Waals surface area contributed by atoms with Gasteiger partial charge in [-0.15, -0.1) is 0 Å². The number of hydrogen-bond acceptors (Lipinski definition) is 4. The summed E-state index contributed by atoms with van der Waals surface area (Å²) in [5.41, 5.74) is 3.75. The van der Waals surface area contributed by atoms with Gasteiger partial charge in [-0.25, -0.2) is 9.59 Å². The van der Waals surface area contributed by atoms with E-state index >= 15 is 0 Å². The highest BCUT2D eigenvalue weighted by atomic mass is 16.6. The van der Waals surface area contributed by atoms with Crippen molar-refractivity contribution in [2.75, 3.05) is 0 Å². The van der Waals surface area contributed by atoms with Gasteiger partial charge in [-0.2, -0.15) is 0 Å². The summed E-state index contributed by atoms with van der Waals surface area (Å²) in [5, 5.41) is 0. The standard InChI is InChI=1S/C28H30O4/c1-4-6-14-23-19-20(3)25(31-27(29)21-15-9-7-10-16-21)26(24(23)13-5-2)32-28(30)22-17-11-8-12-18-22/h7-12,15-19H,4-6,13-14H2,1-3H3. The number of benzene rings is 3. The van der Waals surface area contributed by atoms with E-state index in [-0.39, 0.29) is 0 Å². The second-order valence-corrected chi connectivity index (χ2v) is 7.85. The van der Waals surface area contributed by atoms with Crippen molar-refractivity contribution in [1.82, 2.24) is 0 Å². The molecule has 0 saturated heterocycles. The molecule has 4 heteroatoms. The van der Waals surface area contributed by atoms with Gasteiger partial charge in [0.1, 0.15) is 0 Å². The lowest BCUT2D eigenvalue weighted by atomic mass is 9.94. The predicted molar refractivity (Wildman–Crippen MR) is 127 cm³/mol. The molecule has 3 aromatic rings. The Morgan fingerprint density at radius 3 is 1.75 bits per heavy atom. The Labute approximate surface area is 190 Å². The highest BCUT2D eigenvalue weighted by Gasteiger charge is 2.24. The van der Waals surface area contributed by atoms with Crippen molar-refractivity contribution >= 4 is 11.9 Å². The Kier molecular flexibility index (Phi) is 8.20. The number of hydrogen-bond donors (Lipinski definition) is 0. The van der Waals surface area contributed by atoms with Crippen molar-refractivity contribution in [2.45, 2.75) is 52.9 Å². The first-order valence-corrected chi connectivity index (χ1v) is 11.2. The van der Waals surface area contributed by atoms with Gasteiger partial charge in [-0.05, 0) is 61.6 Å². The molecule has 0 aliphatic rings. The fourth-order valence-electron chi connectivity index (χ4n) is 3.68. The summed E-state index contributed by atoms with van der Waals surface area (Å²) in [4.78, 5) is 25.8. The lowest BCUT2D eigenvalue weighted by Crippen LogP contribution is -2.16. The number of carbonyl (C=O) groups is 2. The largest absolute Gasteiger partial charge is 0.419 e. The molecule has 0 unspecified atom stereocenters. The first kappa shape index (κ1) is 23.3. The summed E-state index contributed by atoms with van der Waals surface area (Å²) in [6.07, 6.45) is 4.59. The number of esters is 2. The maximum Gasteiger partial charge on any atom is 0.343 e. The molecule has 32 heavy (non-hydrogen) atoms. The van der Waals surface area contributed by atoms with Crippen LogP contribution in [-0.2, 0) is 12.8 Å². The van der Waals surface area contributed by atoms with E-state index in [1.54, 1.807) is 48.5 Å². The minimum absolute atomic E-state index is 0.312. The SMILES string of the molecule is CCCCc1cc(C)c(OC(=O)c2ccccc2)c(OC(=O)c2ccccc2)c1CCC. The molecule has 0 amide bonds. The normalized spacial score (nSPS) is 10.6. The van der Waals surface area contributed by atoms with Gasteiger partial charge in [0.25, 0.3) is 0 Å². The Hall–Kier alpha value is -3.40. The molecule has 0 saturated carbocycles. The topological polar surface area (TPSA) is 52.6 Å². The Balaban J connectivity index is 2.07.